The number of fused-ring (bicyclic) bond motifs is 1. The molecule has 0 radical (unpaired) electrons. The Balaban J connectivity index is 1.98. The lowest BCUT2D eigenvalue weighted by molar-refractivity contribution is -0.142. The fourth-order valence-corrected chi connectivity index (χ4v) is 2.00. The highest BCUT2D eigenvalue weighted by atomic mass is 35.5. The molecule has 2 N–H and O–H groups in total. The average Bonchev–Trinajstić information content (AvgIpc) is 2.46. The summed E-state index contributed by atoms with van der Waals surface area (Å²) in [5.74, 6) is -1.44. The van der Waals surface area contributed by atoms with Crippen LogP contribution in [-0.4, -0.2) is 41.7 Å². The van der Waals surface area contributed by atoms with E-state index in [-0.39, 0.29) is 24.8 Å². The lowest BCUT2D eigenvalue weighted by atomic mass is 10.2. The predicted molar refractivity (Wildman–Crippen MR) is 77.5 cm³/mol. The number of aliphatic carboxylic acids is 1. The Hall–Kier alpha value is -2.18. The first-order chi connectivity index (χ1) is 10.1. The molecular formula is C14H13ClN2O4. The highest BCUT2D eigenvalue weighted by molar-refractivity contribution is 6.35. The number of nitrogens with one attached hydrogen (secondary N) is 1. The molecule has 0 fully saturated rings. The number of hydrogen-bond acceptors (Lipinski definition) is 4. The number of carboxylic acids is 1. The molecule has 0 aliphatic heterocycles. The molecule has 21 heavy (non-hydrogen) atoms. The van der Waals surface area contributed by atoms with E-state index < -0.39 is 12.6 Å². The van der Waals surface area contributed by atoms with Crippen molar-refractivity contribution < 1.29 is 19.4 Å². The second-order valence-corrected chi connectivity index (χ2v) is 4.62. The van der Waals surface area contributed by atoms with Gasteiger partial charge in [0.1, 0.15) is 12.3 Å². The van der Waals surface area contributed by atoms with Crippen molar-refractivity contribution in [1.29, 1.82) is 0 Å². The van der Waals surface area contributed by atoms with Gasteiger partial charge in [-0.3, -0.25) is 4.79 Å². The molecule has 1 aromatic carbocycles. The summed E-state index contributed by atoms with van der Waals surface area (Å²) in [6, 6.07) is 8.75. The fraction of sp³-hybridized carbons (Fsp3) is 0.214. The number of rotatable bonds is 6. The van der Waals surface area contributed by atoms with Crippen LogP contribution in [0.5, 0.6) is 0 Å². The van der Waals surface area contributed by atoms with E-state index in [1.165, 1.54) is 6.07 Å². The Bertz CT molecular complexity index is 675. The lowest BCUT2D eigenvalue weighted by Crippen LogP contribution is -2.28. The van der Waals surface area contributed by atoms with Gasteiger partial charge in [0.05, 0.1) is 17.1 Å². The molecule has 1 heterocycles. The first-order valence-corrected chi connectivity index (χ1v) is 6.59. The van der Waals surface area contributed by atoms with Gasteiger partial charge in [0.25, 0.3) is 5.91 Å². The Kier molecular flexibility index (Phi) is 5.08. The van der Waals surface area contributed by atoms with Crippen molar-refractivity contribution in [2.75, 3.05) is 19.8 Å². The number of nitrogens with zero attached hydrogens (tertiary/aromatic N) is 1. The third kappa shape index (κ3) is 4.14. The molecule has 0 spiro atoms. The minimum atomic E-state index is -1.05. The topological polar surface area (TPSA) is 88.5 Å². The van der Waals surface area contributed by atoms with E-state index in [1.807, 2.05) is 18.2 Å². The number of carbonyl (C=O) groups excluding carboxylic acids is 1. The molecule has 2 rings (SSSR count). The quantitative estimate of drug-likeness (QED) is 0.793. The largest absolute Gasteiger partial charge is 0.480 e. The number of aromatic nitrogens is 1. The van der Waals surface area contributed by atoms with Crippen molar-refractivity contribution in [3.63, 3.8) is 0 Å². The van der Waals surface area contributed by atoms with Crippen LogP contribution in [-0.2, 0) is 9.53 Å². The van der Waals surface area contributed by atoms with Gasteiger partial charge in [-0.1, -0.05) is 29.8 Å². The van der Waals surface area contributed by atoms with Crippen LogP contribution >= 0.6 is 11.6 Å². The Morgan fingerprint density at radius 2 is 2.10 bits per heavy atom. The molecule has 6 nitrogen and oxygen atoms in total. The Morgan fingerprint density at radius 3 is 2.86 bits per heavy atom. The maximum atomic E-state index is 11.9. The van der Waals surface area contributed by atoms with Crippen LogP contribution in [0.2, 0.25) is 5.02 Å². The molecule has 0 aliphatic carbocycles. The second-order valence-electron chi connectivity index (χ2n) is 4.21. The molecule has 0 unspecified atom stereocenters. The smallest absolute Gasteiger partial charge is 0.329 e. The van der Waals surface area contributed by atoms with Crippen LogP contribution < -0.4 is 5.32 Å². The van der Waals surface area contributed by atoms with Crippen LogP contribution in [0.3, 0.4) is 0 Å². The maximum Gasteiger partial charge on any atom is 0.329 e. The number of benzene rings is 1. The number of pyridine rings is 1. The van der Waals surface area contributed by atoms with Gasteiger partial charge >= 0.3 is 5.97 Å². The molecule has 2 aromatic rings. The molecule has 0 aliphatic rings. The summed E-state index contributed by atoms with van der Waals surface area (Å²) in [6.07, 6.45) is 0. The highest BCUT2D eigenvalue weighted by Crippen LogP contribution is 2.22. The number of para-hydroxylation sites is 1. The molecule has 0 bridgehead atoms. The van der Waals surface area contributed by atoms with Crippen molar-refractivity contribution >= 4 is 34.4 Å². The number of hydrogen-bond donors (Lipinski definition) is 2. The van der Waals surface area contributed by atoms with Crippen molar-refractivity contribution in [3.8, 4) is 0 Å². The third-order valence-corrected chi connectivity index (χ3v) is 2.97. The molecular weight excluding hydrogens is 296 g/mol. The van der Waals surface area contributed by atoms with E-state index in [0.717, 1.165) is 5.39 Å². The number of carbonyl (C=O) groups is 2. The minimum Gasteiger partial charge on any atom is -0.480 e. The van der Waals surface area contributed by atoms with Gasteiger partial charge in [0, 0.05) is 11.9 Å². The lowest BCUT2D eigenvalue weighted by Gasteiger charge is -2.07. The van der Waals surface area contributed by atoms with Crippen molar-refractivity contribution in [2.45, 2.75) is 0 Å². The summed E-state index contributed by atoms with van der Waals surface area (Å²) in [5.41, 5.74) is 0.842. The summed E-state index contributed by atoms with van der Waals surface area (Å²) in [4.78, 5) is 26.4. The van der Waals surface area contributed by atoms with Gasteiger partial charge in [0.15, 0.2) is 0 Å². The second kappa shape index (κ2) is 7.01. The fourth-order valence-electron chi connectivity index (χ4n) is 1.74. The summed E-state index contributed by atoms with van der Waals surface area (Å²) in [7, 11) is 0. The zero-order chi connectivity index (χ0) is 15.2. The number of halogens is 1. The molecule has 0 atom stereocenters. The predicted octanol–water partition coefficient (Wildman–Crippen LogP) is 1.72. The van der Waals surface area contributed by atoms with E-state index >= 15 is 0 Å². The van der Waals surface area contributed by atoms with Crippen LogP contribution in [0.4, 0.5) is 0 Å². The summed E-state index contributed by atoms with van der Waals surface area (Å²) in [6.45, 7) is -0.0898. The summed E-state index contributed by atoms with van der Waals surface area (Å²) >= 11 is 6.11. The van der Waals surface area contributed by atoms with Crippen LogP contribution in [0, 0.1) is 0 Å². The molecule has 0 saturated carbocycles. The van der Waals surface area contributed by atoms with Gasteiger partial charge in [0.2, 0.25) is 0 Å². The maximum absolute atomic E-state index is 11.9. The zero-order valence-electron chi connectivity index (χ0n) is 11.0. The summed E-state index contributed by atoms with van der Waals surface area (Å²) in [5, 5.41) is 12.2. The number of ether oxygens (including phenoxy) is 1. The van der Waals surface area contributed by atoms with Crippen LogP contribution in [0.1, 0.15) is 10.5 Å². The molecule has 110 valence electrons. The SMILES string of the molecule is O=C(O)COCCNC(=O)c1cc(Cl)c2ccccc2n1. The van der Waals surface area contributed by atoms with E-state index in [9.17, 15) is 9.59 Å². The van der Waals surface area contributed by atoms with Crippen molar-refractivity contribution in [3.05, 3.63) is 41.0 Å². The van der Waals surface area contributed by atoms with Crippen LogP contribution in [0.25, 0.3) is 10.9 Å². The number of amides is 1. The van der Waals surface area contributed by atoms with Crippen LogP contribution in [0.15, 0.2) is 30.3 Å². The van der Waals surface area contributed by atoms with Crippen molar-refractivity contribution in [2.24, 2.45) is 0 Å². The normalized spacial score (nSPS) is 10.5. The van der Waals surface area contributed by atoms with E-state index in [4.69, 9.17) is 21.4 Å². The monoisotopic (exact) mass is 308 g/mol. The molecule has 1 amide bonds. The minimum absolute atomic E-state index is 0.110. The summed E-state index contributed by atoms with van der Waals surface area (Å²) < 4.78 is 4.81. The highest BCUT2D eigenvalue weighted by Gasteiger charge is 2.10. The van der Waals surface area contributed by atoms with Gasteiger partial charge in [-0.25, -0.2) is 9.78 Å². The average molecular weight is 309 g/mol. The molecule has 7 heteroatoms. The standard InChI is InChI=1S/C14H13ClN2O4/c15-10-7-12(17-11-4-2-1-3-9(10)11)14(20)16-5-6-21-8-13(18)19/h1-4,7H,5-6,8H2,(H,16,20)(H,18,19). The van der Waals surface area contributed by atoms with E-state index in [2.05, 4.69) is 10.3 Å². The van der Waals surface area contributed by atoms with Gasteiger partial charge in [-0.15, -0.1) is 0 Å². The van der Waals surface area contributed by atoms with Gasteiger partial charge in [-0.2, -0.15) is 0 Å². The van der Waals surface area contributed by atoms with Crippen molar-refractivity contribution in [1.82, 2.24) is 10.3 Å². The third-order valence-electron chi connectivity index (χ3n) is 2.66. The molecule has 0 saturated heterocycles. The van der Waals surface area contributed by atoms with Gasteiger partial charge in [-0.05, 0) is 12.1 Å². The molecule has 1 aromatic heterocycles. The van der Waals surface area contributed by atoms with Gasteiger partial charge < -0.3 is 15.2 Å². The number of carboxylic acid groups (broad SMARTS) is 1. The van der Waals surface area contributed by atoms with E-state index in [0.29, 0.717) is 10.5 Å². The zero-order valence-corrected chi connectivity index (χ0v) is 11.8. The Labute approximate surface area is 125 Å². The first-order valence-electron chi connectivity index (χ1n) is 6.21. The first kappa shape index (κ1) is 15.2. The van der Waals surface area contributed by atoms with E-state index in [1.54, 1.807) is 6.07 Å². The Morgan fingerprint density at radius 1 is 1.33 bits per heavy atom.